The summed E-state index contributed by atoms with van der Waals surface area (Å²) < 4.78 is 5.73. The predicted octanol–water partition coefficient (Wildman–Crippen LogP) is 3.57. The Kier molecular flexibility index (Phi) is 5.88. The summed E-state index contributed by atoms with van der Waals surface area (Å²) in [5, 5.41) is 3.31. The molecule has 0 saturated carbocycles. The molecule has 0 spiro atoms. The zero-order valence-corrected chi connectivity index (χ0v) is 16.1. The number of rotatable bonds is 5. The molecule has 1 N–H and O–H groups in total. The highest BCUT2D eigenvalue weighted by atomic mass is 35.5. The van der Waals surface area contributed by atoms with Gasteiger partial charge < -0.3 is 4.74 Å². The van der Waals surface area contributed by atoms with Crippen LogP contribution in [0.15, 0.2) is 54.1 Å². The van der Waals surface area contributed by atoms with Crippen LogP contribution in [0.5, 0.6) is 5.75 Å². The molecule has 3 rings (SSSR count). The molecule has 7 heteroatoms. The maximum atomic E-state index is 12.4. The van der Waals surface area contributed by atoms with Gasteiger partial charge in [-0.05, 0) is 49.0 Å². The van der Waals surface area contributed by atoms with Crippen LogP contribution >= 0.6 is 23.8 Å². The summed E-state index contributed by atoms with van der Waals surface area (Å²) >= 11 is 11.1. The van der Waals surface area contributed by atoms with Crippen LogP contribution in [-0.2, 0) is 16.2 Å². The van der Waals surface area contributed by atoms with Crippen molar-refractivity contribution in [1.82, 2.24) is 10.2 Å². The van der Waals surface area contributed by atoms with Gasteiger partial charge in [-0.25, -0.2) is 0 Å². The standard InChI is InChI=1S/C20H17ClN2O3S/c1-2-23-19(25)16(18(24)22-20(23)27)11-13-7-9-15(10-8-13)26-12-14-5-3-4-6-17(14)21/h3-11H,2,12H2,1H3,(H,22,24,27). The quantitative estimate of drug-likeness (QED) is 0.473. The molecule has 0 radical (unpaired) electrons. The first-order chi connectivity index (χ1) is 13.0. The minimum Gasteiger partial charge on any atom is -0.489 e. The Bertz CT molecular complexity index is 925. The molecule has 1 aliphatic heterocycles. The van der Waals surface area contributed by atoms with Crippen molar-refractivity contribution in [3.8, 4) is 5.75 Å². The number of carbonyl (C=O) groups excluding carboxylic acids is 2. The van der Waals surface area contributed by atoms with Crippen molar-refractivity contribution in [1.29, 1.82) is 0 Å². The molecule has 1 heterocycles. The molecule has 0 atom stereocenters. The Labute approximate surface area is 167 Å². The zero-order chi connectivity index (χ0) is 19.4. The summed E-state index contributed by atoms with van der Waals surface area (Å²) in [5.74, 6) is -0.230. The third kappa shape index (κ3) is 4.35. The van der Waals surface area contributed by atoms with E-state index >= 15 is 0 Å². The van der Waals surface area contributed by atoms with Crippen LogP contribution in [-0.4, -0.2) is 28.4 Å². The molecule has 2 aromatic carbocycles. The van der Waals surface area contributed by atoms with Gasteiger partial charge in [0.15, 0.2) is 5.11 Å². The normalized spacial score (nSPS) is 15.9. The maximum Gasteiger partial charge on any atom is 0.265 e. The van der Waals surface area contributed by atoms with Crippen molar-refractivity contribution < 1.29 is 14.3 Å². The monoisotopic (exact) mass is 400 g/mol. The first-order valence-electron chi connectivity index (χ1n) is 8.34. The van der Waals surface area contributed by atoms with Crippen molar-refractivity contribution in [2.45, 2.75) is 13.5 Å². The largest absolute Gasteiger partial charge is 0.489 e. The van der Waals surface area contributed by atoms with E-state index in [1.54, 1.807) is 37.3 Å². The lowest BCUT2D eigenvalue weighted by Crippen LogP contribution is -2.53. The van der Waals surface area contributed by atoms with Gasteiger partial charge in [-0.15, -0.1) is 0 Å². The fourth-order valence-electron chi connectivity index (χ4n) is 2.58. The van der Waals surface area contributed by atoms with Gasteiger partial charge in [-0.3, -0.25) is 19.8 Å². The molecule has 2 aromatic rings. The number of hydrogen-bond acceptors (Lipinski definition) is 4. The van der Waals surface area contributed by atoms with Crippen LogP contribution in [0.2, 0.25) is 5.02 Å². The summed E-state index contributed by atoms with van der Waals surface area (Å²) in [5.41, 5.74) is 1.66. The minimum atomic E-state index is -0.492. The first kappa shape index (κ1) is 19.1. The third-order valence-corrected chi connectivity index (χ3v) is 4.74. The number of thiocarbonyl (C=S) groups is 1. The molecule has 1 saturated heterocycles. The second-order valence-electron chi connectivity index (χ2n) is 5.82. The number of hydrogen-bond donors (Lipinski definition) is 1. The fraction of sp³-hybridized carbons (Fsp3) is 0.150. The number of nitrogens with one attached hydrogen (secondary N) is 1. The van der Waals surface area contributed by atoms with Crippen LogP contribution in [0.25, 0.3) is 6.08 Å². The van der Waals surface area contributed by atoms with E-state index in [9.17, 15) is 9.59 Å². The smallest absolute Gasteiger partial charge is 0.265 e. The van der Waals surface area contributed by atoms with Gasteiger partial charge in [-0.2, -0.15) is 0 Å². The number of carbonyl (C=O) groups is 2. The van der Waals surface area contributed by atoms with Crippen molar-refractivity contribution in [2.75, 3.05) is 6.54 Å². The van der Waals surface area contributed by atoms with Gasteiger partial charge in [0.05, 0.1) is 0 Å². The SMILES string of the molecule is CCN1C(=O)C(=Cc2ccc(OCc3ccccc3Cl)cc2)C(=O)NC1=S. The van der Waals surface area contributed by atoms with Crippen LogP contribution < -0.4 is 10.1 Å². The Morgan fingerprint density at radius 3 is 2.52 bits per heavy atom. The summed E-state index contributed by atoms with van der Waals surface area (Å²) in [6, 6.07) is 14.6. The molecule has 0 aliphatic carbocycles. The van der Waals surface area contributed by atoms with Crippen LogP contribution in [0.3, 0.4) is 0 Å². The Hall–Kier alpha value is -2.70. The van der Waals surface area contributed by atoms with Gasteiger partial charge >= 0.3 is 0 Å². The average Bonchev–Trinajstić information content (AvgIpc) is 2.66. The highest BCUT2D eigenvalue weighted by Gasteiger charge is 2.32. The molecule has 0 unspecified atom stereocenters. The van der Waals surface area contributed by atoms with Gasteiger partial charge in [0, 0.05) is 17.1 Å². The zero-order valence-electron chi connectivity index (χ0n) is 14.6. The van der Waals surface area contributed by atoms with E-state index in [0.717, 1.165) is 5.56 Å². The minimum absolute atomic E-state index is 0.0511. The van der Waals surface area contributed by atoms with E-state index in [2.05, 4.69) is 5.32 Å². The maximum absolute atomic E-state index is 12.4. The number of likely N-dealkylation sites (N-methyl/N-ethyl adjacent to an activating group) is 1. The molecule has 0 bridgehead atoms. The molecule has 1 fully saturated rings. The van der Waals surface area contributed by atoms with Gasteiger partial charge in [0.25, 0.3) is 11.8 Å². The van der Waals surface area contributed by atoms with Crippen molar-refractivity contribution >= 4 is 46.8 Å². The van der Waals surface area contributed by atoms with Crippen LogP contribution in [0.4, 0.5) is 0 Å². The van der Waals surface area contributed by atoms with Gasteiger partial charge in [-0.1, -0.05) is 41.9 Å². The van der Waals surface area contributed by atoms with E-state index < -0.39 is 11.8 Å². The second kappa shape index (κ2) is 8.33. The number of ether oxygens (including phenoxy) is 1. The van der Waals surface area contributed by atoms with Crippen molar-refractivity contribution in [2.24, 2.45) is 0 Å². The number of benzene rings is 2. The van der Waals surface area contributed by atoms with E-state index in [0.29, 0.717) is 29.5 Å². The van der Waals surface area contributed by atoms with E-state index in [-0.39, 0.29) is 10.7 Å². The Balaban J connectivity index is 1.72. The summed E-state index contributed by atoms with van der Waals surface area (Å²) in [6.45, 7) is 2.54. The highest BCUT2D eigenvalue weighted by molar-refractivity contribution is 7.80. The molecule has 138 valence electrons. The first-order valence-corrected chi connectivity index (χ1v) is 9.13. The van der Waals surface area contributed by atoms with Crippen molar-refractivity contribution in [3.05, 3.63) is 70.3 Å². The fourth-order valence-corrected chi connectivity index (χ4v) is 3.08. The molecular formula is C20H17ClN2O3S. The molecule has 27 heavy (non-hydrogen) atoms. The topological polar surface area (TPSA) is 58.6 Å². The second-order valence-corrected chi connectivity index (χ2v) is 6.61. The van der Waals surface area contributed by atoms with Gasteiger partial charge in [0.1, 0.15) is 17.9 Å². The van der Waals surface area contributed by atoms with Gasteiger partial charge in [0.2, 0.25) is 0 Å². The van der Waals surface area contributed by atoms with Crippen LogP contribution in [0.1, 0.15) is 18.1 Å². The summed E-state index contributed by atoms with van der Waals surface area (Å²) in [6.07, 6.45) is 1.54. The Morgan fingerprint density at radius 1 is 1.15 bits per heavy atom. The lowest BCUT2D eigenvalue weighted by atomic mass is 10.1. The van der Waals surface area contributed by atoms with E-state index in [1.807, 2.05) is 24.3 Å². The predicted molar refractivity (Wildman–Crippen MR) is 108 cm³/mol. The summed E-state index contributed by atoms with van der Waals surface area (Å²) in [7, 11) is 0. The molecule has 1 aliphatic rings. The Morgan fingerprint density at radius 2 is 1.85 bits per heavy atom. The number of halogens is 1. The number of amides is 2. The lowest BCUT2D eigenvalue weighted by Gasteiger charge is -2.27. The number of nitrogens with zero attached hydrogens (tertiary/aromatic N) is 1. The molecular weight excluding hydrogens is 384 g/mol. The van der Waals surface area contributed by atoms with Crippen LogP contribution in [0, 0.1) is 0 Å². The van der Waals surface area contributed by atoms with E-state index in [4.69, 9.17) is 28.6 Å². The van der Waals surface area contributed by atoms with Crippen molar-refractivity contribution in [3.63, 3.8) is 0 Å². The highest BCUT2D eigenvalue weighted by Crippen LogP contribution is 2.20. The molecule has 0 aromatic heterocycles. The average molecular weight is 401 g/mol. The third-order valence-electron chi connectivity index (χ3n) is 4.05. The summed E-state index contributed by atoms with van der Waals surface area (Å²) in [4.78, 5) is 25.9. The molecule has 5 nitrogen and oxygen atoms in total. The van der Waals surface area contributed by atoms with E-state index in [1.165, 1.54) is 4.90 Å². The lowest BCUT2D eigenvalue weighted by molar-refractivity contribution is -0.128. The molecule has 2 amide bonds.